The lowest BCUT2D eigenvalue weighted by Crippen LogP contribution is -2.38. The van der Waals surface area contributed by atoms with E-state index < -0.39 is 0 Å². The van der Waals surface area contributed by atoms with Crippen LogP contribution >= 0.6 is 0 Å². The number of anilines is 1. The van der Waals surface area contributed by atoms with Crippen molar-refractivity contribution in [3.63, 3.8) is 0 Å². The maximum atomic E-state index is 12.2. The molecule has 5 nitrogen and oxygen atoms in total. The van der Waals surface area contributed by atoms with Gasteiger partial charge in [0.25, 0.3) is 5.91 Å². The highest BCUT2D eigenvalue weighted by Gasteiger charge is 2.28. The second-order valence-electron chi connectivity index (χ2n) is 4.83. The third-order valence-corrected chi connectivity index (χ3v) is 3.24. The van der Waals surface area contributed by atoms with E-state index in [-0.39, 0.29) is 11.9 Å². The van der Waals surface area contributed by atoms with Crippen molar-refractivity contribution in [1.82, 2.24) is 9.88 Å². The van der Waals surface area contributed by atoms with E-state index in [0.717, 1.165) is 19.3 Å². The normalized spacial score (nSPS) is 16.6. The Morgan fingerprint density at radius 2 is 2.39 bits per heavy atom. The number of aromatic nitrogens is 1. The van der Waals surface area contributed by atoms with E-state index in [9.17, 15) is 4.79 Å². The first kappa shape index (κ1) is 13.0. The van der Waals surface area contributed by atoms with Crippen LogP contribution < -0.4 is 11.1 Å². The fourth-order valence-electron chi connectivity index (χ4n) is 2.06. The van der Waals surface area contributed by atoms with Gasteiger partial charge in [0.15, 0.2) is 0 Å². The number of rotatable bonds is 6. The van der Waals surface area contributed by atoms with E-state index in [1.807, 2.05) is 17.7 Å². The SMILES string of the molecule is CCC(COC)NC(=O)c1cc(N)cn1C1CC1. The van der Waals surface area contributed by atoms with E-state index in [1.165, 1.54) is 0 Å². The smallest absolute Gasteiger partial charge is 0.268 e. The van der Waals surface area contributed by atoms with Gasteiger partial charge in [0.05, 0.1) is 18.3 Å². The molecule has 1 unspecified atom stereocenters. The summed E-state index contributed by atoms with van der Waals surface area (Å²) in [6.07, 6.45) is 4.95. The minimum atomic E-state index is -0.0671. The Morgan fingerprint density at radius 1 is 1.67 bits per heavy atom. The molecule has 1 fully saturated rings. The fraction of sp³-hybridized carbons (Fsp3) is 0.615. The van der Waals surface area contributed by atoms with Crippen LogP contribution in [0.15, 0.2) is 12.3 Å². The van der Waals surface area contributed by atoms with Crippen LogP contribution in [0.25, 0.3) is 0 Å². The summed E-state index contributed by atoms with van der Waals surface area (Å²) in [5.74, 6) is -0.0671. The predicted octanol–water partition coefficient (Wildman–Crippen LogP) is 1.56. The molecule has 0 saturated heterocycles. The number of hydrogen-bond acceptors (Lipinski definition) is 3. The zero-order chi connectivity index (χ0) is 13.1. The van der Waals surface area contributed by atoms with Crippen molar-refractivity contribution in [3.05, 3.63) is 18.0 Å². The molecule has 0 bridgehead atoms. The summed E-state index contributed by atoms with van der Waals surface area (Å²) >= 11 is 0. The molecule has 1 aliphatic rings. The number of hydrogen-bond donors (Lipinski definition) is 2. The van der Waals surface area contributed by atoms with Gasteiger partial charge in [-0.2, -0.15) is 0 Å². The van der Waals surface area contributed by atoms with Gasteiger partial charge in [-0.1, -0.05) is 6.92 Å². The standard InChI is InChI=1S/C13H21N3O2/c1-3-10(8-18-2)15-13(17)12-6-9(14)7-16(12)11-4-5-11/h6-7,10-11H,3-5,8,14H2,1-2H3,(H,15,17). The van der Waals surface area contributed by atoms with Crippen LogP contribution in [0, 0.1) is 0 Å². The highest BCUT2D eigenvalue weighted by Crippen LogP contribution is 2.37. The lowest BCUT2D eigenvalue weighted by Gasteiger charge is -2.16. The Hall–Kier alpha value is -1.49. The summed E-state index contributed by atoms with van der Waals surface area (Å²) in [6.45, 7) is 2.56. The summed E-state index contributed by atoms with van der Waals surface area (Å²) in [4.78, 5) is 12.2. The molecule has 1 atom stereocenters. The minimum Gasteiger partial charge on any atom is -0.397 e. The van der Waals surface area contributed by atoms with Crippen LogP contribution in [0.3, 0.4) is 0 Å². The van der Waals surface area contributed by atoms with Gasteiger partial charge in [-0.15, -0.1) is 0 Å². The highest BCUT2D eigenvalue weighted by atomic mass is 16.5. The molecule has 1 aliphatic carbocycles. The zero-order valence-electron chi connectivity index (χ0n) is 11.0. The van der Waals surface area contributed by atoms with Gasteiger partial charge in [-0.3, -0.25) is 4.79 Å². The molecule has 0 aliphatic heterocycles. The Morgan fingerprint density at radius 3 is 2.94 bits per heavy atom. The topological polar surface area (TPSA) is 69.3 Å². The summed E-state index contributed by atoms with van der Waals surface area (Å²) in [5.41, 5.74) is 7.08. The zero-order valence-corrected chi connectivity index (χ0v) is 11.0. The molecule has 1 amide bonds. The molecule has 0 aromatic carbocycles. The first-order chi connectivity index (χ1) is 8.65. The summed E-state index contributed by atoms with van der Waals surface area (Å²) < 4.78 is 7.07. The second kappa shape index (κ2) is 5.44. The minimum absolute atomic E-state index is 0.0475. The third kappa shape index (κ3) is 2.85. The van der Waals surface area contributed by atoms with Crippen molar-refractivity contribution in [2.75, 3.05) is 19.5 Å². The molecular weight excluding hydrogens is 230 g/mol. The number of nitrogens with zero attached hydrogens (tertiary/aromatic N) is 1. The van der Waals surface area contributed by atoms with Crippen molar-refractivity contribution < 1.29 is 9.53 Å². The molecule has 5 heteroatoms. The number of carbonyl (C=O) groups is 1. The van der Waals surface area contributed by atoms with Crippen LogP contribution in [0.4, 0.5) is 5.69 Å². The second-order valence-corrected chi connectivity index (χ2v) is 4.83. The number of nitrogens with two attached hydrogens (primary N) is 1. The summed E-state index contributed by atoms with van der Waals surface area (Å²) in [6, 6.07) is 2.24. The molecular formula is C13H21N3O2. The van der Waals surface area contributed by atoms with Crippen LogP contribution in [-0.2, 0) is 4.74 Å². The van der Waals surface area contributed by atoms with E-state index in [4.69, 9.17) is 10.5 Å². The first-order valence-electron chi connectivity index (χ1n) is 6.42. The molecule has 1 heterocycles. The molecule has 1 aromatic rings. The van der Waals surface area contributed by atoms with Crippen LogP contribution in [0.2, 0.25) is 0 Å². The van der Waals surface area contributed by atoms with Crippen molar-refractivity contribution in [2.45, 2.75) is 38.3 Å². The van der Waals surface area contributed by atoms with Gasteiger partial charge < -0.3 is 20.4 Å². The Labute approximate surface area is 107 Å². The molecule has 1 saturated carbocycles. The van der Waals surface area contributed by atoms with E-state index in [2.05, 4.69) is 5.32 Å². The molecule has 18 heavy (non-hydrogen) atoms. The van der Waals surface area contributed by atoms with E-state index in [1.54, 1.807) is 13.2 Å². The van der Waals surface area contributed by atoms with E-state index in [0.29, 0.717) is 24.0 Å². The lowest BCUT2D eigenvalue weighted by atomic mass is 10.2. The number of methoxy groups -OCH3 is 1. The van der Waals surface area contributed by atoms with Gasteiger partial charge >= 0.3 is 0 Å². The van der Waals surface area contributed by atoms with Gasteiger partial charge in [0.2, 0.25) is 0 Å². The van der Waals surface area contributed by atoms with Crippen molar-refractivity contribution in [3.8, 4) is 0 Å². The van der Waals surface area contributed by atoms with Crippen molar-refractivity contribution >= 4 is 11.6 Å². The van der Waals surface area contributed by atoms with Crippen LogP contribution in [0.1, 0.15) is 42.7 Å². The van der Waals surface area contributed by atoms with Gasteiger partial charge in [0.1, 0.15) is 5.69 Å². The van der Waals surface area contributed by atoms with Crippen LogP contribution in [0.5, 0.6) is 0 Å². The van der Waals surface area contributed by atoms with Gasteiger partial charge in [-0.05, 0) is 25.3 Å². The van der Waals surface area contributed by atoms with Gasteiger partial charge in [0, 0.05) is 19.3 Å². The largest absolute Gasteiger partial charge is 0.397 e. The predicted molar refractivity (Wildman–Crippen MR) is 70.5 cm³/mol. The summed E-state index contributed by atoms with van der Waals surface area (Å²) in [5, 5.41) is 2.98. The Kier molecular flexibility index (Phi) is 3.91. The molecule has 0 spiro atoms. The average molecular weight is 251 g/mol. The maximum Gasteiger partial charge on any atom is 0.268 e. The Balaban J connectivity index is 2.08. The number of nitrogen functional groups attached to an aromatic ring is 1. The van der Waals surface area contributed by atoms with E-state index >= 15 is 0 Å². The number of amides is 1. The average Bonchev–Trinajstić information content (AvgIpc) is 3.11. The monoisotopic (exact) mass is 251 g/mol. The third-order valence-electron chi connectivity index (χ3n) is 3.24. The van der Waals surface area contributed by atoms with Crippen molar-refractivity contribution in [2.24, 2.45) is 0 Å². The van der Waals surface area contributed by atoms with Crippen molar-refractivity contribution in [1.29, 1.82) is 0 Å². The fourth-order valence-corrected chi connectivity index (χ4v) is 2.06. The number of nitrogens with one attached hydrogen (secondary N) is 1. The van der Waals surface area contributed by atoms with Crippen LogP contribution in [-0.4, -0.2) is 30.2 Å². The molecule has 0 radical (unpaired) electrons. The lowest BCUT2D eigenvalue weighted by molar-refractivity contribution is 0.0885. The Bertz CT molecular complexity index is 424. The highest BCUT2D eigenvalue weighted by molar-refractivity contribution is 5.94. The number of carbonyl (C=O) groups excluding carboxylic acids is 1. The molecule has 1 aromatic heterocycles. The number of ether oxygens (including phenoxy) is 1. The maximum absolute atomic E-state index is 12.2. The first-order valence-corrected chi connectivity index (χ1v) is 6.42. The molecule has 2 rings (SSSR count). The quantitative estimate of drug-likeness (QED) is 0.806. The summed E-state index contributed by atoms with van der Waals surface area (Å²) in [7, 11) is 1.64. The molecule has 3 N–H and O–H groups in total. The molecule has 100 valence electrons. The van der Waals surface area contributed by atoms with Gasteiger partial charge in [-0.25, -0.2) is 0 Å².